The standard InChI is InChI=1S/C13H22NO.C5H5.Fe/c1-10(2)14(11(3)4)9-12-7-6-8-13(12)15-5;1-2-4-5-3-1;/h6-8,10-11H,9H2,1-5H3;1-5H;/q;;+2. The van der Waals surface area contributed by atoms with Crippen molar-refractivity contribution >= 4 is 0 Å². The molecule has 0 atom stereocenters. The number of rotatable bonds is 5. The van der Waals surface area contributed by atoms with Crippen LogP contribution in [0.2, 0.25) is 0 Å². The summed E-state index contributed by atoms with van der Waals surface area (Å²) < 4.78 is 5.32. The van der Waals surface area contributed by atoms with Gasteiger partial charge in [-0.2, -0.15) is 0 Å². The smallest absolute Gasteiger partial charge is 0.374 e. The predicted molar refractivity (Wildman–Crippen MR) is 84.9 cm³/mol. The summed E-state index contributed by atoms with van der Waals surface area (Å²) >= 11 is 0. The van der Waals surface area contributed by atoms with Crippen LogP contribution in [0.15, 0.2) is 0 Å². The summed E-state index contributed by atoms with van der Waals surface area (Å²) in [4.78, 5) is 2.46. The molecule has 0 aromatic heterocycles. The van der Waals surface area contributed by atoms with Crippen molar-refractivity contribution in [2.75, 3.05) is 13.7 Å². The fraction of sp³-hybridized carbons (Fsp3) is 0.444. The Labute approximate surface area is 143 Å². The number of methoxy groups -OCH3 is 1. The van der Waals surface area contributed by atoms with Gasteiger partial charge in [0.05, 0.1) is 0 Å². The molecule has 2 aliphatic rings. The van der Waals surface area contributed by atoms with Crippen molar-refractivity contribution in [3.8, 4) is 0 Å². The monoisotopic (exact) mass is 329 g/mol. The maximum Gasteiger partial charge on any atom is 2.00 e. The quantitative estimate of drug-likeness (QED) is 0.716. The molecule has 3 heteroatoms. The molecule has 0 unspecified atom stereocenters. The average Bonchev–Trinajstić information content (AvgIpc) is 3.09. The van der Waals surface area contributed by atoms with Crippen molar-refractivity contribution in [1.82, 2.24) is 4.90 Å². The van der Waals surface area contributed by atoms with Gasteiger partial charge in [0.1, 0.15) is 6.10 Å². The zero-order valence-corrected chi connectivity index (χ0v) is 14.8. The summed E-state index contributed by atoms with van der Waals surface area (Å²) in [6.45, 7) is 9.89. The first-order valence-electron chi connectivity index (χ1n) is 7.27. The van der Waals surface area contributed by atoms with Crippen LogP contribution in [0.3, 0.4) is 0 Å². The first kappa shape index (κ1) is 21.4. The van der Waals surface area contributed by atoms with E-state index in [1.54, 1.807) is 7.11 Å². The fourth-order valence-corrected chi connectivity index (χ4v) is 2.25. The van der Waals surface area contributed by atoms with Gasteiger partial charge in [0.2, 0.25) is 0 Å². The van der Waals surface area contributed by atoms with E-state index in [1.807, 2.05) is 44.9 Å². The predicted octanol–water partition coefficient (Wildman–Crippen LogP) is 3.50. The van der Waals surface area contributed by atoms with Gasteiger partial charge in [-0.15, -0.1) is 0 Å². The summed E-state index contributed by atoms with van der Waals surface area (Å²) in [7, 11) is 1.73. The average molecular weight is 329 g/mol. The zero-order valence-electron chi connectivity index (χ0n) is 13.7. The Morgan fingerprint density at radius 2 is 1.33 bits per heavy atom. The molecule has 0 saturated heterocycles. The van der Waals surface area contributed by atoms with Gasteiger partial charge in [0, 0.05) is 38.1 Å². The van der Waals surface area contributed by atoms with E-state index in [4.69, 9.17) is 4.74 Å². The van der Waals surface area contributed by atoms with Crippen molar-refractivity contribution in [2.45, 2.75) is 39.8 Å². The molecular weight excluding hydrogens is 302 g/mol. The topological polar surface area (TPSA) is 12.5 Å². The maximum atomic E-state index is 5.32. The molecule has 0 N–H and O–H groups in total. The van der Waals surface area contributed by atoms with Gasteiger partial charge in [0.25, 0.3) is 0 Å². The molecule has 116 valence electrons. The molecule has 0 heterocycles. The Kier molecular flexibility index (Phi) is 12.2. The van der Waals surface area contributed by atoms with Gasteiger partial charge in [-0.25, -0.2) is 0 Å². The largest absolute Gasteiger partial charge is 2.00 e. The summed E-state index contributed by atoms with van der Waals surface area (Å²) in [6, 6.07) is 1.12. The molecule has 0 amide bonds. The van der Waals surface area contributed by atoms with Gasteiger partial charge >= 0.3 is 17.1 Å². The Hall–Kier alpha value is 0.439. The van der Waals surface area contributed by atoms with Crippen molar-refractivity contribution in [1.29, 1.82) is 0 Å². The molecule has 0 bridgehead atoms. The second kappa shape index (κ2) is 11.9. The Balaban J connectivity index is 0.000000562. The molecule has 2 saturated carbocycles. The van der Waals surface area contributed by atoms with E-state index in [0.29, 0.717) is 12.1 Å². The van der Waals surface area contributed by atoms with Gasteiger partial charge in [0.15, 0.2) is 0 Å². The van der Waals surface area contributed by atoms with Crippen LogP contribution in [0.5, 0.6) is 0 Å². The zero-order chi connectivity index (χ0) is 15.0. The Morgan fingerprint density at radius 1 is 0.857 bits per heavy atom. The van der Waals surface area contributed by atoms with Crippen molar-refractivity contribution in [2.24, 2.45) is 0 Å². The van der Waals surface area contributed by atoms with Crippen LogP contribution in [0.25, 0.3) is 0 Å². The van der Waals surface area contributed by atoms with Crippen LogP contribution >= 0.6 is 0 Å². The van der Waals surface area contributed by atoms with Gasteiger partial charge < -0.3 is 4.74 Å². The van der Waals surface area contributed by atoms with Crippen LogP contribution in [0.1, 0.15) is 27.7 Å². The first-order valence-corrected chi connectivity index (χ1v) is 7.27. The van der Waals surface area contributed by atoms with Gasteiger partial charge in [-0.05, 0) is 72.6 Å². The number of nitrogens with zero attached hydrogens (tertiary/aromatic N) is 1. The molecule has 0 aliphatic heterocycles. The maximum absolute atomic E-state index is 5.32. The Morgan fingerprint density at radius 3 is 1.71 bits per heavy atom. The van der Waals surface area contributed by atoms with Crippen LogP contribution in [0.4, 0.5) is 0 Å². The van der Waals surface area contributed by atoms with Crippen LogP contribution in [-0.4, -0.2) is 30.6 Å². The van der Waals surface area contributed by atoms with Gasteiger partial charge in [-0.3, -0.25) is 4.90 Å². The number of hydrogen-bond acceptors (Lipinski definition) is 2. The molecule has 0 aromatic carbocycles. The molecule has 2 fully saturated rings. The van der Waals surface area contributed by atoms with Crippen LogP contribution in [0, 0.1) is 63.4 Å². The third-order valence-electron chi connectivity index (χ3n) is 3.32. The van der Waals surface area contributed by atoms with Gasteiger partial charge in [-0.1, -0.05) is 0 Å². The second-order valence-corrected chi connectivity index (χ2v) is 5.44. The van der Waals surface area contributed by atoms with Crippen molar-refractivity contribution in [3.63, 3.8) is 0 Å². The summed E-state index contributed by atoms with van der Waals surface area (Å²) in [5, 5.41) is 0. The third-order valence-corrected chi connectivity index (χ3v) is 3.32. The van der Waals surface area contributed by atoms with E-state index >= 15 is 0 Å². The third kappa shape index (κ3) is 8.02. The molecule has 0 aromatic rings. The van der Waals surface area contributed by atoms with E-state index in [9.17, 15) is 0 Å². The summed E-state index contributed by atoms with van der Waals surface area (Å²) in [6.07, 6.45) is 17.2. The molecule has 2 aliphatic carbocycles. The van der Waals surface area contributed by atoms with E-state index in [0.717, 1.165) is 12.6 Å². The molecule has 10 radical (unpaired) electrons. The van der Waals surface area contributed by atoms with Crippen molar-refractivity contribution < 1.29 is 21.8 Å². The van der Waals surface area contributed by atoms with Crippen molar-refractivity contribution in [3.05, 3.63) is 63.4 Å². The minimum atomic E-state index is 0. The molecule has 21 heavy (non-hydrogen) atoms. The van der Waals surface area contributed by atoms with E-state index in [1.165, 1.54) is 5.92 Å². The van der Waals surface area contributed by atoms with Crippen LogP contribution < -0.4 is 0 Å². The SMILES string of the molecule is CO[C]1[CH][CH][CH][C]1CN(C(C)C)C(C)C.[CH]1[CH][CH][CH][CH]1.[Fe+2]. The Bertz CT molecular complexity index is 226. The number of hydrogen-bond donors (Lipinski definition) is 0. The van der Waals surface area contributed by atoms with E-state index < -0.39 is 0 Å². The van der Waals surface area contributed by atoms with E-state index in [-0.39, 0.29) is 17.1 Å². The minimum Gasteiger partial charge on any atom is -0.374 e. The minimum absolute atomic E-state index is 0. The molecule has 0 spiro atoms. The molecule has 2 rings (SSSR count). The molecule has 2 nitrogen and oxygen atoms in total. The first-order chi connectivity index (χ1) is 9.56. The fourth-order valence-electron chi connectivity index (χ4n) is 2.25. The summed E-state index contributed by atoms with van der Waals surface area (Å²) in [5.41, 5.74) is 0. The van der Waals surface area contributed by atoms with Crippen LogP contribution in [-0.2, 0) is 21.8 Å². The van der Waals surface area contributed by atoms with E-state index in [2.05, 4.69) is 39.0 Å². The summed E-state index contributed by atoms with van der Waals surface area (Å²) in [5.74, 6) is 1.28. The molecular formula is C18H27FeNO+2. The number of ether oxygens (including phenoxy) is 1. The normalized spacial score (nSPS) is 20.0. The second-order valence-electron chi connectivity index (χ2n) is 5.44.